The summed E-state index contributed by atoms with van der Waals surface area (Å²) in [7, 11) is 1.76. The van der Waals surface area contributed by atoms with E-state index >= 15 is 0 Å². The zero-order chi connectivity index (χ0) is 17.6. The van der Waals surface area contributed by atoms with E-state index in [1.165, 1.54) is 0 Å². The largest absolute Gasteiger partial charge is 0.383 e. The number of hydrogen-bond acceptors (Lipinski definition) is 6. The van der Waals surface area contributed by atoms with Gasteiger partial charge in [0.15, 0.2) is 5.82 Å². The summed E-state index contributed by atoms with van der Waals surface area (Å²) < 4.78 is 5.28. The van der Waals surface area contributed by atoms with E-state index < -0.39 is 0 Å². The van der Waals surface area contributed by atoms with E-state index in [1.807, 2.05) is 18.2 Å². The van der Waals surface area contributed by atoms with E-state index in [0.29, 0.717) is 11.9 Å². The molecule has 25 heavy (non-hydrogen) atoms. The molecule has 0 aromatic carbocycles. The molecular weight excluding hydrogens is 314 g/mol. The van der Waals surface area contributed by atoms with Crippen molar-refractivity contribution < 1.29 is 4.74 Å². The second-order valence-electron chi connectivity index (χ2n) is 6.44. The Bertz CT molecular complexity index is 671. The van der Waals surface area contributed by atoms with Gasteiger partial charge in [0.1, 0.15) is 11.5 Å². The Kier molecular flexibility index (Phi) is 5.94. The smallest absolute Gasteiger partial charge is 0.180 e. The minimum Gasteiger partial charge on any atom is -0.383 e. The molecule has 0 radical (unpaired) electrons. The highest BCUT2D eigenvalue weighted by Crippen LogP contribution is 2.21. The monoisotopic (exact) mass is 341 g/mol. The highest BCUT2D eigenvalue weighted by Gasteiger charge is 2.22. The van der Waals surface area contributed by atoms with Gasteiger partial charge in [-0.3, -0.25) is 9.88 Å². The number of aryl methyl sites for hydroxylation is 1. The number of hydrogen-bond donors (Lipinski definition) is 0. The van der Waals surface area contributed by atoms with E-state index in [0.717, 1.165) is 56.4 Å². The molecule has 3 rings (SSSR count). The third kappa shape index (κ3) is 4.32. The highest BCUT2D eigenvalue weighted by atomic mass is 16.5. The quantitative estimate of drug-likeness (QED) is 0.803. The number of pyridine rings is 1. The van der Waals surface area contributed by atoms with Crippen molar-refractivity contribution in [1.29, 1.82) is 0 Å². The molecule has 3 heterocycles. The molecule has 0 aliphatic carbocycles. The second-order valence-corrected chi connectivity index (χ2v) is 6.44. The first-order valence-electron chi connectivity index (χ1n) is 8.98. The van der Waals surface area contributed by atoms with Gasteiger partial charge in [-0.15, -0.1) is 0 Å². The minimum absolute atomic E-state index is 0.452. The predicted molar refractivity (Wildman–Crippen MR) is 99.8 cm³/mol. The molecule has 134 valence electrons. The molecule has 0 saturated carbocycles. The third-order valence-corrected chi connectivity index (χ3v) is 4.69. The molecule has 6 nitrogen and oxygen atoms in total. The first-order chi connectivity index (χ1) is 12.2. The van der Waals surface area contributed by atoms with Crippen LogP contribution in [0, 0.1) is 0 Å². The molecule has 0 amide bonds. The molecule has 0 spiro atoms. The number of ether oxygens (including phenoxy) is 1. The summed E-state index contributed by atoms with van der Waals surface area (Å²) in [6.45, 7) is 9.10. The topological polar surface area (TPSA) is 54.4 Å². The van der Waals surface area contributed by atoms with Crippen molar-refractivity contribution in [2.45, 2.75) is 26.3 Å². The number of nitrogens with zero attached hydrogens (tertiary/aromatic N) is 5. The lowest BCUT2D eigenvalue weighted by Gasteiger charge is -2.38. The fourth-order valence-electron chi connectivity index (χ4n) is 3.17. The first kappa shape index (κ1) is 17.8. The minimum atomic E-state index is 0.452. The van der Waals surface area contributed by atoms with Gasteiger partial charge in [0.25, 0.3) is 0 Å². The first-order valence-corrected chi connectivity index (χ1v) is 8.98. The lowest BCUT2D eigenvalue weighted by molar-refractivity contribution is 0.0952. The zero-order valence-electron chi connectivity index (χ0n) is 15.4. The zero-order valence-corrected chi connectivity index (χ0v) is 15.4. The summed E-state index contributed by atoms with van der Waals surface area (Å²) in [4.78, 5) is 18.7. The van der Waals surface area contributed by atoms with E-state index in [4.69, 9.17) is 9.72 Å². The van der Waals surface area contributed by atoms with Crippen molar-refractivity contribution in [2.24, 2.45) is 0 Å². The van der Waals surface area contributed by atoms with Gasteiger partial charge in [-0.25, -0.2) is 9.97 Å². The molecule has 2 aromatic rings. The van der Waals surface area contributed by atoms with Gasteiger partial charge in [-0.1, -0.05) is 13.0 Å². The summed E-state index contributed by atoms with van der Waals surface area (Å²) in [6, 6.07) is 8.41. The van der Waals surface area contributed by atoms with Crippen molar-refractivity contribution in [2.75, 3.05) is 44.8 Å². The van der Waals surface area contributed by atoms with Crippen molar-refractivity contribution in [3.05, 3.63) is 36.2 Å². The summed E-state index contributed by atoms with van der Waals surface area (Å²) in [5.41, 5.74) is 1.88. The van der Waals surface area contributed by atoms with Crippen LogP contribution < -0.4 is 4.90 Å². The lowest BCUT2D eigenvalue weighted by Crippen LogP contribution is -2.51. The average Bonchev–Trinajstić information content (AvgIpc) is 2.68. The van der Waals surface area contributed by atoms with E-state index in [9.17, 15) is 0 Å². The van der Waals surface area contributed by atoms with Crippen molar-refractivity contribution in [1.82, 2.24) is 19.9 Å². The molecule has 1 fully saturated rings. The summed E-state index contributed by atoms with van der Waals surface area (Å²) in [5, 5.41) is 0. The Hall–Kier alpha value is -2.05. The Morgan fingerprint density at radius 3 is 2.60 bits per heavy atom. The fraction of sp³-hybridized carbons (Fsp3) is 0.526. The van der Waals surface area contributed by atoms with Gasteiger partial charge < -0.3 is 9.64 Å². The number of anilines is 1. The Morgan fingerprint density at radius 2 is 1.96 bits per heavy atom. The highest BCUT2D eigenvalue weighted by molar-refractivity contribution is 5.54. The molecular formula is C19H27N5O. The van der Waals surface area contributed by atoms with Crippen LogP contribution in [0.5, 0.6) is 0 Å². The van der Waals surface area contributed by atoms with Crippen molar-refractivity contribution >= 4 is 5.82 Å². The van der Waals surface area contributed by atoms with Crippen LogP contribution in [0.15, 0.2) is 30.5 Å². The van der Waals surface area contributed by atoms with Gasteiger partial charge in [0.2, 0.25) is 0 Å². The second kappa shape index (κ2) is 8.36. The lowest BCUT2D eigenvalue weighted by atomic mass is 10.2. The average molecular weight is 341 g/mol. The van der Waals surface area contributed by atoms with Gasteiger partial charge >= 0.3 is 0 Å². The van der Waals surface area contributed by atoms with Gasteiger partial charge in [-0.2, -0.15) is 0 Å². The molecule has 1 aliphatic rings. The van der Waals surface area contributed by atoms with Crippen LogP contribution in [-0.4, -0.2) is 65.8 Å². The van der Waals surface area contributed by atoms with Crippen LogP contribution in [0.2, 0.25) is 0 Å². The van der Waals surface area contributed by atoms with Crippen molar-refractivity contribution in [3.8, 4) is 11.5 Å². The van der Waals surface area contributed by atoms with E-state index in [2.05, 4.69) is 39.7 Å². The molecule has 6 heteroatoms. The van der Waals surface area contributed by atoms with Crippen LogP contribution in [0.25, 0.3) is 11.5 Å². The Morgan fingerprint density at radius 1 is 1.16 bits per heavy atom. The SMILES string of the molecule is CCc1cc(N2CCN(C(C)COC)CC2)nc(-c2ccccn2)n1. The van der Waals surface area contributed by atoms with Crippen LogP contribution in [0.3, 0.4) is 0 Å². The van der Waals surface area contributed by atoms with E-state index in [1.54, 1.807) is 13.3 Å². The maximum atomic E-state index is 5.28. The molecule has 2 aromatic heterocycles. The van der Waals surface area contributed by atoms with Crippen molar-refractivity contribution in [3.63, 3.8) is 0 Å². The number of methoxy groups -OCH3 is 1. The summed E-state index contributed by atoms with van der Waals surface area (Å²) >= 11 is 0. The number of piperazine rings is 1. The summed E-state index contributed by atoms with van der Waals surface area (Å²) in [5.74, 6) is 1.72. The number of rotatable bonds is 6. The molecule has 1 unspecified atom stereocenters. The molecule has 0 bridgehead atoms. The van der Waals surface area contributed by atoms with Gasteiger partial charge in [-0.05, 0) is 25.5 Å². The van der Waals surface area contributed by atoms with Gasteiger partial charge in [0, 0.05) is 57.3 Å². The van der Waals surface area contributed by atoms with Crippen LogP contribution in [0.4, 0.5) is 5.82 Å². The maximum Gasteiger partial charge on any atom is 0.180 e. The maximum absolute atomic E-state index is 5.28. The normalized spacial score (nSPS) is 16.8. The number of aromatic nitrogens is 3. The predicted octanol–water partition coefficient (Wildman–Crippen LogP) is 2.26. The molecule has 0 N–H and O–H groups in total. The van der Waals surface area contributed by atoms with Crippen LogP contribution in [-0.2, 0) is 11.2 Å². The molecule has 1 atom stereocenters. The molecule has 1 saturated heterocycles. The third-order valence-electron chi connectivity index (χ3n) is 4.69. The Labute approximate surface area is 149 Å². The van der Waals surface area contributed by atoms with Gasteiger partial charge in [0.05, 0.1) is 6.61 Å². The standard InChI is InChI=1S/C19H27N5O/c1-4-16-13-18(22-19(21-16)17-7-5-6-8-20-17)24-11-9-23(10-12-24)15(2)14-25-3/h5-8,13,15H,4,9-12,14H2,1-3H3. The van der Waals surface area contributed by atoms with Crippen LogP contribution in [0.1, 0.15) is 19.5 Å². The summed E-state index contributed by atoms with van der Waals surface area (Å²) in [6.07, 6.45) is 2.67. The molecule has 1 aliphatic heterocycles. The van der Waals surface area contributed by atoms with E-state index in [-0.39, 0.29) is 0 Å². The fourth-order valence-corrected chi connectivity index (χ4v) is 3.17. The Balaban J connectivity index is 1.77. The van der Waals surface area contributed by atoms with Crippen LogP contribution >= 0.6 is 0 Å².